The molecule has 2 nitrogen and oxygen atoms in total. The number of hydrogen-bond donors (Lipinski definition) is 1. The van der Waals surface area contributed by atoms with Crippen LogP contribution in [0.3, 0.4) is 0 Å². The lowest BCUT2D eigenvalue weighted by molar-refractivity contribution is 0.0961. The third-order valence-electron chi connectivity index (χ3n) is 2.64. The molecule has 0 spiro atoms. The fraction of sp³-hybridized carbons (Fsp3) is 0.0714. The van der Waals surface area contributed by atoms with E-state index in [1.807, 2.05) is 6.07 Å². The van der Waals surface area contributed by atoms with Gasteiger partial charge in [0.2, 0.25) is 0 Å². The molecule has 0 fully saturated rings. The second-order valence-corrected chi connectivity index (χ2v) is 4.28. The molecular weight excluding hydrogens is 253 g/mol. The van der Waals surface area contributed by atoms with Gasteiger partial charge in [-0.2, -0.15) is 0 Å². The van der Waals surface area contributed by atoms with Gasteiger partial charge in [0.25, 0.3) is 0 Å². The predicted octanol–water partition coefficient (Wildman–Crippen LogP) is 3.36. The molecule has 2 aromatic carbocycles. The van der Waals surface area contributed by atoms with Crippen molar-refractivity contribution in [1.82, 2.24) is 0 Å². The van der Waals surface area contributed by atoms with Crippen LogP contribution in [0.15, 0.2) is 48.5 Å². The summed E-state index contributed by atoms with van der Waals surface area (Å²) >= 11 is 5.88. The summed E-state index contributed by atoms with van der Waals surface area (Å²) in [4.78, 5) is 12.1. The lowest BCUT2D eigenvalue weighted by Gasteiger charge is -2.12. The Labute approximate surface area is 109 Å². The van der Waals surface area contributed by atoms with Crippen LogP contribution in [0.25, 0.3) is 0 Å². The van der Waals surface area contributed by atoms with Gasteiger partial charge in [-0.1, -0.05) is 41.9 Å². The van der Waals surface area contributed by atoms with E-state index in [-0.39, 0.29) is 10.6 Å². The number of nitrogens with two attached hydrogens (primary N) is 1. The fourth-order valence-corrected chi connectivity index (χ4v) is 1.88. The molecule has 0 aliphatic rings. The summed E-state index contributed by atoms with van der Waals surface area (Å²) in [5.41, 5.74) is 6.63. The average Bonchev–Trinajstić information content (AvgIpc) is 2.41. The normalized spacial score (nSPS) is 12.2. The lowest BCUT2D eigenvalue weighted by atomic mass is 9.98. The van der Waals surface area contributed by atoms with E-state index in [0.29, 0.717) is 5.56 Å². The van der Waals surface area contributed by atoms with Crippen LogP contribution in [-0.2, 0) is 0 Å². The van der Waals surface area contributed by atoms with Gasteiger partial charge in [-0.05, 0) is 23.8 Å². The van der Waals surface area contributed by atoms with Gasteiger partial charge in [0.05, 0.1) is 11.1 Å². The number of rotatable bonds is 3. The Balaban J connectivity index is 2.34. The van der Waals surface area contributed by atoms with Gasteiger partial charge in [0, 0.05) is 5.56 Å². The second kappa shape index (κ2) is 5.29. The molecule has 2 aromatic rings. The topological polar surface area (TPSA) is 43.1 Å². The highest BCUT2D eigenvalue weighted by molar-refractivity contribution is 6.34. The Hall–Kier alpha value is -1.71. The molecule has 2 rings (SSSR count). The van der Waals surface area contributed by atoms with Crippen molar-refractivity contribution >= 4 is 17.4 Å². The minimum absolute atomic E-state index is 0.105. The van der Waals surface area contributed by atoms with Crippen LogP contribution in [0, 0.1) is 5.82 Å². The average molecular weight is 264 g/mol. The van der Waals surface area contributed by atoms with E-state index >= 15 is 0 Å². The molecule has 0 aromatic heterocycles. The summed E-state index contributed by atoms with van der Waals surface area (Å²) in [5, 5.41) is 0.202. The molecule has 1 atom stereocenters. The largest absolute Gasteiger partial charge is 0.318 e. The van der Waals surface area contributed by atoms with Crippen LogP contribution in [0.5, 0.6) is 0 Å². The van der Waals surface area contributed by atoms with Crippen molar-refractivity contribution in [2.75, 3.05) is 0 Å². The molecule has 92 valence electrons. The molecule has 0 saturated carbocycles. The maximum absolute atomic E-state index is 13.1. The SMILES string of the molecule is N[C@@H](C(=O)c1cc(F)ccc1Cl)c1ccccc1. The second-order valence-electron chi connectivity index (χ2n) is 3.88. The number of hydrogen-bond acceptors (Lipinski definition) is 2. The smallest absolute Gasteiger partial charge is 0.185 e. The van der Waals surface area contributed by atoms with Crippen molar-refractivity contribution in [3.63, 3.8) is 0 Å². The van der Waals surface area contributed by atoms with E-state index in [1.165, 1.54) is 12.1 Å². The Kier molecular flexibility index (Phi) is 3.75. The summed E-state index contributed by atoms with van der Waals surface area (Å²) in [7, 11) is 0. The van der Waals surface area contributed by atoms with E-state index in [4.69, 9.17) is 17.3 Å². The Morgan fingerprint density at radius 1 is 1.17 bits per heavy atom. The van der Waals surface area contributed by atoms with Crippen molar-refractivity contribution in [3.05, 3.63) is 70.5 Å². The van der Waals surface area contributed by atoms with Crippen LogP contribution in [0.1, 0.15) is 22.0 Å². The van der Waals surface area contributed by atoms with Crippen molar-refractivity contribution < 1.29 is 9.18 Å². The zero-order valence-electron chi connectivity index (χ0n) is 9.44. The minimum atomic E-state index is -0.842. The van der Waals surface area contributed by atoms with Gasteiger partial charge in [0.1, 0.15) is 5.82 Å². The van der Waals surface area contributed by atoms with Crippen molar-refractivity contribution in [3.8, 4) is 0 Å². The van der Waals surface area contributed by atoms with E-state index in [1.54, 1.807) is 24.3 Å². The third-order valence-corrected chi connectivity index (χ3v) is 2.96. The highest BCUT2D eigenvalue weighted by atomic mass is 35.5. The Bertz CT molecular complexity index is 571. The fourth-order valence-electron chi connectivity index (χ4n) is 1.67. The van der Waals surface area contributed by atoms with Crippen LogP contribution in [0.2, 0.25) is 5.02 Å². The van der Waals surface area contributed by atoms with Crippen molar-refractivity contribution in [1.29, 1.82) is 0 Å². The summed E-state index contributed by atoms with van der Waals surface area (Å²) in [6.45, 7) is 0. The third kappa shape index (κ3) is 2.58. The van der Waals surface area contributed by atoms with Crippen LogP contribution < -0.4 is 5.73 Å². The zero-order chi connectivity index (χ0) is 13.1. The number of halogens is 2. The number of carbonyl (C=O) groups is 1. The molecule has 2 N–H and O–H groups in total. The summed E-state index contributed by atoms with van der Waals surface area (Å²) < 4.78 is 13.1. The molecule has 4 heteroatoms. The molecule has 0 bridgehead atoms. The first kappa shape index (κ1) is 12.7. The molecule has 0 amide bonds. The molecule has 0 unspecified atom stereocenters. The maximum atomic E-state index is 13.1. The zero-order valence-corrected chi connectivity index (χ0v) is 10.2. The standard InChI is InChI=1S/C14H11ClFNO/c15-12-7-6-10(16)8-11(12)14(18)13(17)9-4-2-1-3-5-9/h1-8,13H,17H2/t13-/m1/s1. The quantitative estimate of drug-likeness (QED) is 0.863. The van der Waals surface area contributed by atoms with Crippen LogP contribution in [-0.4, -0.2) is 5.78 Å². The van der Waals surface area contributed by atoms with E-state index in [0.717, 1.165) is 6.07 Å². The van der Waals surface area contributed by atoms with Crippen molar-refractivity contribution in [2.24, 2.45) is 5.73 Å². The molecule has 0 aliphatic heterocycles. The summed E-state index contributed by atoms with van der Waals surface area (Å²) in [6.07, 6.45) is 0. The molecular formula is C14H11ClFNO. The first-order chi connectivity index (χ1) is 8.59. The first-order valence-corrected chi connectivity index (χ1v) is 5.77. The maximum Gasteiger partial charge on any atom is 0.185 e. The molecule has 0 heterocycles. The van der Waals surface area contributed by atoms with Gasteiger partial charge in [-0.3, -0.25) is 4.79 Å². The van der Waals surface area contributed by atoms with E-state index in [9.17, 15) is 9.18 Å². The number of benzene rings is 2. The van der Waals surface area contributed by atoms with E-state index in [2.05, 4.69) is 0 Å². The summed E-state index contributed by atoms with van der Waals surface area (Å²) in [5.74, 6) is -0.909. The van der Waals surface area contributed by atoms with Gasteiger partial charge < -0.3 is 5.73 Å². The lowest BCUT2D eigenvalue weighted by Crippen LogP contribution is -2.21. The molecule has 18 heavy (non-hydrogen) atoms. The first-order valence-electron chi connectivity index (χ1n) is 5.39. The Morgan fingerprint density at radius 3 is 2.50 bits per heavy atom. The van der Waals surface area contributed by atoms with Crippen LogP contribution >= 0.6 is 11.6 Å². The predicted molar refractivity (Wildman–Crippen MR) is 69.1 cm³/mol. The Morgan fingerprint density at radius 2 is 1.83 bits per heavy atom. The highest BCUT2D eigenvalue weighted by Gasteiger charge is 2.20. The van der Waals surface area contributed by atoms with Crippen molar-refractivity contribution in [2.45, 2.75) is 6.04 Å². The monoisotopic (exact) mass is 263 g/mol. The van der Waals surface area contributed by atoms with Gasteiger partial charge in [-0.25, -0.2) is 4.39 Å². The van der Waals surface area contributed by atoms with Gasteiger partial charge in [0.15, 0.2) is 5.78 Å². The van der Waals surface area contributed by atoms with Gasteiger partial charge in [-0.15, -0.1) is 0 Å². The molecule has 0 aliphatic carbocycles. The molecule has 0 saturated heterocycles. The summed E-state index contributed by atoms with van der Waals surface area (Å²) in [6, 6.07) is 11.7. The number of ketones is 1. The van der Waals surface area contributed by atoms with Crippen LogP contribution in [0.4, 0.5) is 4.39 Å². The van der Waals surface area contributed by atoms with E-state index < -0.39 is 17.6 Å². The van der Waals surface area contributed by atoms with Gasteiger partial charge >= 0.3 is 0 Å². The molecule has 0 radical (unpaired) electrons. The highest BCUT2D eigenvalue weighted by Crippen LogP contribution is 2.23. The number of Topliss-reactive ketones (excluding diaryl/α,β-unsaturated/α-hetero) is 1. The number of carbonyl (C=O) groups excluding carboxylic acids is 1. The minimum Gasteiger partial charge on any atom is -0.318 e.